The highest BCUT2D eigenvalue weighted by molar-refractivity contribution is 7.89. The standard InChI is InChI=1S/C13H20ClNO2S/c1-4-5-10-18(16,17)15(3)11(2)12-6-8-13(14)9-7-12/h6-9,11H,4-5,10H2,1-3H3/t11-/m1/s1. The van der Waals surface area contributed by atoms with Gasteiger partial charge in [0.1, 0.15) is 0 Å². The fourth-order valence-corrected chi connectivity index (χ4v) is 3.33. The van der Waals surface area contributed by atoms with E-state index in [1.165, 1.54) is 4.31 Å². The van der Waals surface area contributed by atoms with Crippen LogP contribution >= 0.6 is 11.6 Å². The van der Waals surface area contributed by atoms with Crippen LogP contribution in [0.5, 0.6) is 0 Å². The van der Waals surface area contributed by atoms with Gasteiger partial charge in [-0.25, -0.2) is 8.42 Å². The van der Waals surface area contributed by atoms with Crippen LogP contribution in [0.3, 0.4) is 0 Å². The summed E-state index contributed by atoms with van der Waals surface area (Å²) in [7, 11) is -1.55. The van der Waals surface area contributed by atoms with Crippen LogP contribution < -0.4 is 0 Å². The molecule has 102 valence electrons. The Kier molecular flexibility index (Phi) is 5.63. The Labute approximate surface area is 115 Å². The SMILES string of the molecule is CCCCS(=O)(=O)N(C)[C@H](C)c1ccc(Cl)cc1. The van der Waals surface area contributed by atoms with E-state index < -0.39 is 10.0 Å². The molecular weight excluding hydrogens is 270 g/mol. The van der Waals surface area contributed by atoms with E-state index in [-0.39, 0.29) is 11.8 Å². The lowest BCUT2D eigenvalue weighted by molar-refractivity contribution is 0.397. The van der Waals surface area contributed by atoms with Gasteiger partial charge in [0, 0.05) is 18.1 Å². The monoisotopic (exact) mass is 289 g/mol. The van der Waals surface area contributed by atoms with Gasteiger partial charge in [-0.15, -0.1) is 0 Å². The van der Waals surface area contributed by atoms with E-state index in [2.05, 4.69) is 0 Å². The normalized spacial score (nSPS) is 13.8. The molecule has 0 aliphatic heterocycles. The van der Waals surface area contributed by atoms with Crippen LogP contribution in [0.4, 0.5) is 0 Å². The molecule has 1 atom stereocenters. The first-order valence-electron chi connectivity index (χ1n) is 6.09. The highest BCUT2D eigenvalue weighted by Crippen LogP contribution is 2.23. The van der Waals surface area contributed by atoms with Crippen molar-refractivity contribution in [2.75, 3.05) is 12.8 Å². The molecule has 3 nitrogen and oxygen atoms in total. The molecule has 0 N–H and O–H groups in total. The molecule has 0 unspecified atom stereocenters. The topological polar surface area (TPSA) is 37.4 Å². The molecule has 1 aromatic carbocycles. The van der Waals surface area contributed by atoms with Crippen LogP contribution in [0, 0.1) is 0 Å². The largest absolute Gasteiger partial charge is 0.214 e. The van der Waals surface area contributed by atoms with Crippen molar-refractivity contribution in [1.29, 1.82) is 0 Å². The van der Waals surface area contributed by atoms with Gasteiger partial charge in [-0.3, -0.25) is 0 Å². The molecule has 0 radical (unpaired) electrons. The summed E-state index contributed by atoms with van der Waals surface area (Å²) in [6.07, 6.45) is 1.57. The summed E-state index contributed by atoms with van der Waals surface area (Å²) >= 11 is 5.82. The Bertz CT molecular complexity index is 470. The number of nitrogens with zero attached hydrogens (tertiary/aromatic N) is 1. The van der Waals surface area contributed by atoms with E-state index in [0.29, 0.717) is 11.4 Å². The van der Waals surface area contributed by atoms with Crippen molar-refractivity contribution in [2.24, 2.45) is 0 Å². The van der Waals surface area contributed by atoms with Crippen molar-refractivity contribution >= 4 is 21.6 Å². The number of hydrogen-bond donors (Lipinski definition) is 0. The molecule has 0 saturated carbocycles. The Balaban J connectivity index is 2.83. The third-order valence-electron chi connectivity index (χ3n) is 3.09. The van der Waals surface area contributed by atoms with Gasteiger partial charge in [-0.1, -0.05) is 37.1 Å². The zero-order valence-corrected chi connectivity index (χ0v) is 12.6. The molecule has 0 amide bonds. The molecule has 1 aromatic rings. The van der Waals surface area contributed by atoms with Crippen molar-refractivity contribution in [3.05, 3.63) is 34.9 Å². The van der Waals surface area contributed by atoms with E-state index in [9.17, 15) is 8.42 Å². The zero-order valence-electron chi connectivity index (χ0n) is 11.1. The maximum absolute atomic E-state index is 12.1. The minimum Gasteiger partial charge on any atom is -0.212 e. The number of rotatable bonds is 6. The number of hydrogen-bond acceptors (Lipinski definition) is 2. The maximum atomic E-state index is 12.1. The summed E-state index contributed by atoms with van der Waals surface area (Å²) < 4.78 is 25.6. The van der Waals surface area contributed by atoms with Gasteiger partial charge >= 0.3 is 0 Å². The summed E-state index contributed by atoms with van der Waals surface area (Å²) in [5.74, 6) is 0.206. The second kappa shape index (κ2) is 6.55. The van der Waals surface area contributed by atoms with E-state index in [4.69, 9.17) is 11.6 Å². The zero-order chi connectivity index (χ0) is 13.8. The summed E-state index contributed by atoms with van der Waals surface area (Å²) in [6.45, 7) is 3.87. The predicted octanol–water partition coefficient (Wildman–Crippen LogP) is 3.46. The average Bonchev–Trinajstić information content (AvgIpc) is 2.35. The van der Waals surface area contributed by atoms with Crippen molar-refractivity contribution in [1.82, 2.24) is 4.31 Å². The second-order valence-electron chi connectivity index (χ2n) is 4.41. The Morgan fingerprint density at radius 3 is 2.33 bits per heavy atom. The molecule has 18 heavy (non-hydrogen) atoms. The Morgan fingerprint density at radius 2 is 1.83 bits per heavy atom. The third kappa shape index (κ3) is 3.97. The number of halogens is 1. The summed E-state index contributed by atoms with van der Waals surface area (Å²) in [5.41, 5.74) is 0.946. The quantitative estimate of drug-likeness (QED) is 0.804. The molecule has 0 fully saturated rings. The van der Waals surface area contributed by atoms with Crippen LogP contribution in [-0.2, 0) is 10.0 Å². The molecule has 0 aliphatic rings. The molecule has 0 heterocycles. The van der Waals surface area contributed by atoms with Crippen molar-refractivity contribution in [2.45, 2.75) is 32.7 Å². The van der Waals surface area contributed by atoms with E-state index >= 15 is 0 Å². The lowest BCUT2D eigenvalue weighted by atomic mass is 10.1. The van der Waals surface area contributed by atoms with E-state index in [1.54, 1.807) is 19.2 Å². The molecule has 1 rings (SSSR count). The highest BCUT2D eigenvalue weighted by atomic mass is 35.5. The highest BCUT2D eigenvalue weighted by Gasteiger charge is 2.23. The first-order chi connectivity index (χ1) is 8.38. The van der Waals surface area contributed by atoms with Gasteiger partial charge in [0.25, 0.3) is 0 Å². The molecule has 0 spiro atoms. The average molecular weight is 290 g/mol. The van der Waals surface area contributed by atoms with E-state index in [0.717, 1.165) is 12.0 Å². The van der Waals surface area contributed by atoms with Gasteiger partial charge in [-0.2, -0.15) is 4.31 Å². The fourth-order valence-electron chi connectivity index (χ4n) is 1.66. The van der Waals surface area contributed by atoms with Crippen molar-refractivity contribution in [3.8, 4) is 0 Å². The van der Waals surface area contributed by atoms with Gasteiger partial charge in [0.15, 0.2) is 0 Å². The minimum atomic E-state index is -3.18. The number of sulfonamides is 1. The Morgan fingerprint density at radius 1 is 1.28 bits per heavy atom. The van der Waals surface area contributed by atoms with Crippen LogP contribution in [-0.4, -0.2) is 25.5 Å². The number of unbranched alkanes of at least 4 members (excludes halogenated alkanes) is 1. The first-order valence-corrected chi connectivity index (χ1v) is 8.08. The van der Waals surface area contributed by atoms with Crippen molar-refractivity contribution in [3.63, 3.8) is 0 Å². The Hall–Kier alpha value is -0.580. The van der Waals surface area contributed by atoms with Gasteiger partial charge in [0.05, 0.1) is 5.75 Å². The van der Waals surface area contributed by atoms with Crippen molar-refractivity contribution < 1.29 is 8.42 Å². The van der Waals surface area contributed by atoms with Crippen LogP contribution in [0.1, 0.15) is 38.3 Å². The molecule has 0 aliphatic carbocycles. The maximum Gasteiger partial charge on any atom is 0.214 e. The summed E-state index contributed by atoms with van der Waals surface area (Å²) in [4.78, 5) is 0. The lowest BCUT2D eigenvalue weighted by Gasteiger charge is -2.24. The van der Waals surface area contributed by atoms with Gasteiger partial charge in [0.2, 0.25) is 10.0 Å². The smallest absolute Gasteiger partial charge is 0.212 e. The number of benzene rings is 1. The molecular formula is C13H20ClNO2S. The first kappa shape index (κ1) is 15.5. The second-order valence-corrected chi connectivity index (χ2v) is 7.00. The molecule has 0 bridgehead atoms. The summed E-state index contributed by atoms with van der Waals surface area (Å²) in [5, 5.41) is 0.655. The van der Waals surface area contributed by atoms with E-state index in [1.807, 2.05) is 26.0 Å². The minimum absolute atomic E-state index is 0.177. The van der Waals surface area contributed by atoms with Crippen LogP contribution in [0.2, 0.25) is 5.02 Å². The molecule has 0 saturated heterocycles. The molecule has 5 heteroatoms. The van der Waals surface area contributed by atoms with Crippen LogP contribution in [0.25, 0.3) is 0 Å². The lowest BCUT2D eigenvalue weighted by Crippen LogP contribution is -2.31. The molecule has 0 aromatic heterocycles. The van der Waals surface area contributed by atoms with Gasteiger partial charge in [-0.05, 0) is 31.0 Å². The predicted molar refractivity (Wildman–Crippen MR) is 76.3 cm³/mol. The van der Waals surface area contributed by atoms with Crippen LogP contribution in [0.15, 0.2) is 24.3 Å². The van der Waals surface area contributed by atoms with Gasteiger partial charge < -0.3 is 0 Å². The third-order valence-corrected chi connectivity index (χ3v) is 5.34. The summed E-state index contributed by atoms with van der Waals surface area (Å²) in [6, 6.07) is 7.10. The fraction of sp³-hybridized carbons (Fsp3) is 0.538.